The summed E-state index contributed by atoms with van der Waals surface area (Å²) in [4.78, 5) is 29.8. The van der Waals surface area contributed by atoms with Gasteiger partial charge in [-0.05, 0) is 30.3 Å². The van der Waals surface area contributed by atoms with Crippen LogP contribution in [0.4, 0.5) is 24.5 Å². The third-order valence-corrected chi connectivity index (χ3v) is 4.22. The molecule has 1 saturated heterocycles. The summed E-state index contributed by atoms with van der Waals surface area (Å²) in [7, 11) is 0. The maximum atomic E-state index is 12.1. The maximum absolute atomic E-state index is 12.1. The molecule has 2 heterocycles. The number of amides is 1. The van der Waals surface area contributed by atoms with E-state index >= 15 is 0 Å². The van der Waals surface area contributed by atoms with Crippen molar-refractivity contribution >= 4 is 23.3 Å². The maximum Gasteiger partial charge on any atom is 0.422 e. The Bertz CT molecular complexity index is 882. The van der Waals surface area contributed by atoms with Gasteiger partial charge in [-0.25, -0.2) is 9.78 Å². The molecule has 0 radical (unpaired) electrons. The van der Waals surface area contributed by atoms with E-state index in [-0.39, 0.29) is 11.4 Å². The topological polar surface area (TPSA) is 90.0 Å². The molecule has 31 heavy (non-hydrogen) atoms. The molecule has 3 rings (SSSR count). The van der Waals surface area contributed by atoms with E-state index in [9.17, 15) is 22.8 Å². The molecule has 0 saturated carbocycles. The van der Waals surface area contributed by atoms with Crippen molar-refractivity contribution in [1.82, 2.24) is 4.98 Å². The molecule has 1 N–H and O–H groups in total. The second-order valence-electron chi connectivity index (χ2n) is 6.56. The number of halogens is 3. The van der Waals surface area contributed by atoms with Gasteiger partial charge in [0.25, 0.3) is 5.91 Å². The summed E-state index contributed by atoms with van der Waals surface area (Å²) < 4.78 is 51.0. The largest absolute Gasteiger partial charge is 0.468 e. The first kappa shape index (κ1) is 22.3. The van der Waals surface area contributed by atoms with E-state index in [0.717, 1.165) is 31.0 Å². The first-order valence-corrected chi connectivity index (χ1v) is 9.35. The van der Waals surface area contributed by atoms with Crippen LogP contribution in [-0.4, -0.2) is 62.6 Å². The molecule has 0 bridgehead atoms. The van der Waals surface area contributed by atoms with Crippen molar-refractivity contribution in [3.05, 3.63) is 48.2 Å². The Morgan fingerprint density at radius 1 is 1.10 bits per heavy atom. The smallest absolute Gasteiger partial charge is 0.422 e. The number of aromatic nitrogens is 1. The fourth-order valence-corrected chi connectivity index (χ4v) is 2.73. The van der Waals surface area contributed by atoms with E-state index in [1.807, 2.05) is 12.1 Å². The highest BCUT2D eigenvalue weighted by Gasteiger charge is 2.28. The average Bonchev–Trinajstić information content (AvgIpc) is 2.77. The lowest BCUT2D eigenvalue weighted by Gasteiger charge is -2.28. The Labute approximate surface area is 175 Å². The number of esters is 1. The van der Waals surface area contributed by atoms with Crippen LogP contribution in [0.25, 0.3) is 0 Å². The zero-order valence-electron chi connectivity index (χ0n) is 16.4. The molecule has 0 unspecified atom stereocenters. The molecule has 11 heteroatoms. The molecule has 1 aromatic carbocycles. The van der Waals surface area contributed by atoms with Crippen LogP contribution in [0.5, 0.6) is 5.88 Å². The summed E-state index contributed by atoms with van der Waals surface area (Å²) in [6.45, 7) is 0.914. The lowest BCUT2D eigenvalue weighted by molar-refractivity contribution is -0.154. The lowest BCUT2D eigenvalue weighted by Crippen LogP contribution is -2.36. The minimum absolute atomic E-state index is 0.0259. The summed E-state index contributed by atoms with van der Waals surface area (Å²) in [6, 6.07) is 9.55. The number of rotatable bonds is 7. The van der Waals surface area contributed by atoms with E-state index < -0.39 is 31.3 Å². The molecule has 0 aliphatic carbocycles. The zero-order valence-corrected chi connectivity index (χ0v) is 16.4. The molecule has 1 aliphatic heterocycles. The predicted molar refractivity (Wildman–Crippen MR) is 104 cm³/mol. The normalized spacial score (nSPS) is 14.1. The number of alkyl halides is 3. The Hall–Kier alpha value is -3.34. The fourth-order valence-electron chi connectivity index (χ4n) is 2.73. The molecular weight excluding hydrogens is 419 g/mol. The van der Waals surface area contributed by atoms with Crippen molar-refractivity contribution in [3.63, 3.8) is 0 Å². The van der Waals surface area contributed by atoms with Gasteiger partial charge in [-0.3, -0.25) is 4.79 Å². The van der Waals surface area contributed by atoms with Gasteiger partial charge in [-0.1, -0.05) is 0 Å². The third kappa shape index (κ3) is 7.14. The number of pyridine rings is 1. The zero-order chi connectivity index (χ0) is 22.3. The highest BCUT2D eigenvalue weighted by molar-refractivity contribution is 5.95. The van der Waals surface area contributed by atoms with Gasteiger partial charge >= 0.3 is 12.1 Å². The second-order valence-corrected chi connectivity index (χ2v) is 6.56. The monoisotopic (exact) mass is 439 g/mol. The minimum Gasteiger partial charge on any atom is -0.468 e. The number of hydrogen-bond acceptors (Lipinski definition) is 7. The second kappa shape index (κ2) is 10.1. The van der Waals surface area contributed by atoms with Gasteiger partial charge in [0, 0.05) is 36.7 Å². The van der Waals surface area contributed by atoms with Gasteiger partial charge in [0.2, 0.25) is 5.88 Å². The highest BCUT2D eigenvalue weighted by atomic mass is 19.4. The summed E-state index contributed by atoms with van der Waals surface area (Å²) in [6.07, 6.45) is -3.48. The average molecular weight is 439 g/mol. The number of anilines is 2. The van der Waals surface area contributed by atoms with E-state index in [2.05, 4.69) is 19.9 Å². The number of carbonyl (C=O) groups is 2. The first-order chi connectivity index (χ1) is 14.8. The van der Waals surface area contributed by atoms with Crippen LogP contribution in [0.2, 0.25) is 0 Å². The van der Waals surface area contributed by atoms with Crippen LogP contribution in [0.3, 0.4) is 0 Å². The van der Waals surface area contributed by atoms with Crippen molar-refractivity contribution in [2.24, 2.45) is 0 Å². The third-order valence-electron chi connectivity index (χ3n) is 4.22. The molecule has 1 amide bonds. The predicted octanol–water partition coefficient (Wildman–Crippen LogP) is 2.65. The van der Waals surface area contributed by atoms with Crippen LogP contribution < -0.4 is 15.0 Å². The van der Waals surface area contributed by atoms with Crippen molar-refractivity contribution in [2.45, 2.75) is 6.18 Å². The standard InChI is InChI=1S/C20H20F3N3O5/c21-20(22,23)13-31-18-6-1-14(11-24-18)19(28)30-12-17(27)25-15-2-4-16(5-3-15)26-7-9-29-10-8-26/h1-6,11H,7-10,12-13H2,(H,25,27). The van der Waals surface area contributed by atoms with E-state index in [0.29, 0.717) is 18.9 Å². The molecule has 0 spiro atoms. The fraction of sp³-hybridized carbons (Fsp3) is 0.350. The van der Waals surface area contributed by atoms with E-state index in [1.165, 1.54) is 6.07 Å². The molecule has 8 nitrogen and oxygen atoms in total. The van der Waals surface area contributed by atoms with Gasteiger partial charge in [-0.2, -0.15) is 13.2 Å². The molecule has 166 valence electrons. The SMILES string of the molecule is O=C(COC(=O)c1ccc(OCC(F)(F)F)nc1)Nc1ccc(N2CCOCC2)cc1. The number of nitrogens with one attached hydrogen (secondary N) is 1. The van der Waals surface area contributed by atoms with E-state index in [1.54, 1.807) is 12.1 Å². The number of hydrogen-bond donors (Lipinski definition) is 1. The Kier molecular flexibility index (Phi) is 7.29. The quantitative estimate of drug-likeness (QED) is 0.664. The van der Waals surface area contributed by atoms with Crippen molar-refractivity contribution in [3.8, 4) is 5.88 Å². The molecule has 1 aliphatic rings. The van der Waals surface area contributed by atoms with Crippen molar-refractivity contribution in [2.75, 3.05) is 49.7 Å². The van der Waals surface area contributed by atoms with E-state index in [4.69, 9.17) is 9.47 Å². The highest BCUT2D eigenvalue weighted by Crippen LogP contribution is 2.19. The number of morpholine rings is 1. The lowest BCUT2D eigenvalue weighted by atomic mass is 10.2. The van der Waals surface area contributed by atoms with Crippen LogP contribution in [0, 0.1) is 0 Å². The van der Waals surface area contributed by atoms with Crippen LogP contribution in [0.1, 0.15) is 10.4 Å². The molecule has 1 fully saturated rings. The molecular formula is C20H20F3N3O5. The number of benzene rings is 1. The number of nitrogens with zero attached hydrogens (tertiary/aromatic N) is 2. The number of ether oxygens (including phenoxy) is 3. The summed E-state index contributed by atoms with van der Waals surface area (Å²) in [5.74, 6) is -1.66. The van der Waals surface area contributed by atoms with Gasteiger partial charge < -0.3 is 24.4 Å². The van der Waals surface area contributed by atoms with Gasteiger partial charge in [0.15, 0.2) is 13.2 Å². The van der Waals surface area contributed by atoms with Crippen LogP contribution in [0.15, 0.2) is 42.6 Å². The minimum atomic E-state index is -4.49. The summed E-state index contributed by atoms with van der Waals surface area (Å²) >= 11 is 0. The van der Waals surface area contributed by atoms with Gasteiger partial charge in [0.05, 0.1) is 18.8 Å². The van der Waals surface area contributed by atoms with Crippen LogP contribution >= 0.6 is 0 Å². The van der Waals surface area contributed by atoms with Crippen molar-refractivity contribution in [1.29, 1.82) is 0 Å². The molecule has 2 aromatic rings. The summed E-state index contributed by atoms with van der Waals surface area (Å²) in [5.41, 5.74) is 1.54. The Morgan fingerprint density at radius 3 is 2.42 bits per heavy atom. The first-order valence-electron chi connectivity index (χ1n) is 9.35. The Balaban J connectivity index is 1.44. The number of carbonyl (C=O) groups excluding carboxylic acids is 2. The molecule has 1 aromatic heterocycles. The van der Waals surface area contributed by atoms with Gasteiger partial charge in [0.1, 0.15) is 0 Å². The molecule has 0 atom stereocenters. The van der Waals surface area contributed by atoms with Gasteiger partial charge in [-0.15, -0.1) is 0 Å². The summed E-state index contributed by atoms with van der Waals surface area (Å²) in [5, 5.41) is 2.62. The van der Waals surface area contributed by atoms with Crippen LogP contribution in [-0.2, 0) is 14.3 Å². The Morgan fingerprint density at radius 2 is 1.81 bits per heavy atom. The van der Waals surface area contributed by atoms with Crippen molar-refractivity contribution < 1.29 is 37.0 Å².